The number of anilines is 1. The van der Waals surface area contributed by atoms with Crippen LogP contribution in [0.5, 0.6) is 0 Å². The largest absolute Gasteiger partial charge is 0.360 e. The van der Waals surface area contributed by atoms with E-state index in [2.05, 4.69) is 65.6 Å². The highest BCUT2D eigenvalue weighted by Crippen LogP contribution is 2.18. The van der Waals surface area contributed by atoms with E-state index in [9.17, 15) is 0 Å². The van der Waals surface area contributed by atoms with Gasteiger partial charge in [0, 0.05) is 13.1 Å². The number of aryl methyl sites for hydroxylation is 1. The van der Waals surface area contributed by atoms with Crippen molar-refractivity contribution in [3.63, 3.8) is 0 Å². The fourth-order valence-electron chi connectivity index (χ4n) is 1.99. The Morgan fingerprint density at radius 1 is 1.20 bits per heavy atom. The molecule has 0 spiro atoms. The highest BCUT2D eigenvalue weighted by atomic mass is 32.1. The molecule has 0 radical (unpaired) electrons. The van der Waals surface area contributed by atoms with Crippen molar-refractivity contribution in [2.24, 2.45) is 0 Å². The van der Waals surface area contributed by atoms with Crippen molar-refractivity contribution < 1.29 is 0 Å². The number of nitrogens with one attached hydrogen (secondary N) is 1. The van der Waals surface area contributed by atoms with Gasteiger partial charge in [-0.05, 0) is 31.5 Å². The summed E-state index contributed by atoms with van der Waals surface area (Å²) in [5.41, 5.74) is 2.70. The quantitative estimate of drug-likeness (QED) is 0.849. The van der Waals surface area contributed by atoms with E-state index >= 15 is 0 Å². The molecule has 1 aromatic heterocycles. The molecule has 0 saturated carbocycles. The van der Waals surface area contributed by atoms with E-state index in [1.807, 2.05) is 0 Å². The summed E-state index contributed by atoms with van der Waals surface area (Å²) in [7, 11) is 2.12. The Morgan fingerprint density at radius 3 is 2.75 bits per heavy atom. The Labute approximate surface area is 124 Å². The second-order valence-corrected chi connectivity index (χ2v) is 6.09. The van der Waals surface area contributed by atoms with Crippen molar-refractivity contribution in [1.29, 1.82) is 0 Å². The molecule has 2 rings (SSSR count). The molecular formula is C15H22N4S. The van der Waals surface area contributed by atoms with E-state index < -0.39 is 0 Å². The van der Waals surface area contributed by atoms with Crippen LogP contribution >= 0.6 is 11.3 Å². The maximum Gasteiger partial charge on any atom is 0.205 e. The number of hydrogen-bond donors (Lipinski definition) is 1. The van der Waals surface area contributed by atoms with Crippen molar-refractivity contribution in [2.75, 3.05) is 18.9 Å². The van der Waals surface area contributed by atoms with Crippen LogP contribution in [0, 0.1) is 6.92 Å². The Kier molecular flexibility index (Phi) is 5.49. The predicted molar refractivity (Wildman–Crippen MR) is 85.0 cm³/mol. The van der Waals surface area contributed by atoms with Gasteiger partial charge in [0.2, 0.25) is 5.13 Å². The Bertz CT molecular complexity index is 538. The maximum absolute atomic E-state index is 4.24. The number of benzene rings is 1. The molecule has 0 atom stereocenters. The number of nitrogens with zero attached hydrogens (tertiary/aromatic N) is 3. The number of hydrogen-bond acceptors (Lipinski definition) is 5. The van der Waals surface area contributed by atoms with Gasteiger partial charge in [0.25, 0.3) is 0 Å². The molecule has 5 heteroatoms. The van der Waals surface area contributed by atoms with Crippen LogP contribution in [-0.4, -0.2) is 28.7 Å². The highest BCUT2D eigenvalue weighted by molar-refractivity contribution is 7.15. The van der Waals surface area contributed by atoms with E-state index in [4.69, 9.17) is 0 Å². The Hall–Kier alpha value is -1.46. The van der Waals surface area contributed by atoms with Gasteiger partial charge >= 0.3 is 0 Å². The van der Waals surface area contributed by atoms with Gasteiger partial charge < -0.3 is 5.32 Å². The summed E-state index contributed by atoms with van der Waals surface area (Å²) >= 11 is 1.64. The third-order valence-corrected chi connectivity index (χ3v) is 3.97. The predicted octanol–water partition coefficient (Wildman–Crippen LogP) is 3.30. The molecule has 4 nitrogen and oxygen atoms in total. The third kappa shape index (κ3) is 4.28. The first kappa shape index (κ1) is 14.9. The van der Waals surface area contributed by atoms with E-state index in [0.717, 1.165) is 36.2 Å². The first-order valence-corrected chi connectivity index (χ1v) is 7.80. The SMILES string of the molecule is CCCNc1nnc(CN(C)Cc2ccccc2C)s1. The van der Waals surface area contributed by atoms with Crippen LogP contribution in [0.4, 0.5) is 5.13 Å². The smallest absolute Gasteiger partial charge is 0.205 e. The topological polar surface area (TPSA) is 41.1 Å². The molecule has 2 aromatic rings. The molecule has 0 fully saturated rings. The van der Waals surface area contributed by atoms with Crippen LogP contribution in [0.1, 0.15) is 29.5 Å². The lowest BCUT2D eigenvalue weighted by Gasteiger charge is -2.16. The van der Waals surface area contributed by atoms with Crippen LogP contribution < -0.4 is 5.32 Å². The number of aromatic nitrogens is 2. The van der Waals surface area contributed by atoms with Crippen molar-refractivity contribution in [2.45, 2.75) is 33.4 Å². The minimum atomic E-state index is 0.833. The van der Waals surface area contributed by atoms with Gasteiger partial charge in [0.1, 0.15) is 5.01 Å². The summed E-state index contributed by atoms with van der Waals surface area (Å²) in [6.07, 6.45) is 1.10. The molecule has 0 unspecified atom stereocenters. The van der Waals surface area contributed by atoms with E-state index in [1.54, 1.807) is 11.3 Å². The summed E-state index contributed by atoms with van der Waals surface area (Å²) in [6.45, 7) is 7.02. The molecule has 1 heterocycles. The van der Waals surface area contributed by atoms with Crippen LogP contribution in [0.3, 0.4) is 0 Å². The van der Waals surface area contributed by atoms with E-state index in [-0.39, 0.29) is 0 Å². The first-order valence-electron chi connectivity index (χ1n) is 6.98. The molecule has 0 aliphatic carbocycles. The van der Waals surface area contributed by atoms with Gasteiger partial charge in [0.05, 0.1) is 6.54 Å². The fourth-order valence-corrected chi connectivity index (χ4v) is 2.83. The van der Waals surface area contributed by atoms with Gasteiger partial charge in [-0.2, -0.15) is 0 Å². The molecule has 20 heavy (non-hydrogen) atoms. The molecule has 0 aliphatic rings. The second-order valence-electron chi connectivity index (χ2n) is 5.03. The van der Waals surface area contributed by atoms with E-state index in [0.29, 0.717) is 0 Å². The van der Waals surface area contributed by atoms with Crippen LogP contribution in [0.25, 0.3) is 0 Å². The van der Waals surface area contributed by atoms with Crippen molar-refractivity contribution in [3.05, 3.63) is 40.4 Å². The van der Waals surface area contributed by atoms with Crippen LogP contribution in [-0.2, 0) is 13.1 Å². The van der Waals surface area contributed by atoms with Crippen LogP contribution in [0.15, 0.2) is 24.3 Å². The lowest BCUT2D eigenvalue weighted by Crippen LogP contribution is -2.17. The average Bonchev–Trinajstić information content (AvgIpc) is 2.86. The van der Waals surface area contributed by atoms with Gasteiger partial charge in [-0.25, -0.2) is 0 Å². The minimum absolute atomic E-state index is 0.833. The van der Waals surface area contributed by atoms with Gasteiger partial charge in [0.15, 0.2) is 0 Å². The fraction of sp³-hybridized carbons (Fsp3) is 0.467. The Balaban J connectivity index is 1.89. The first-order chi connectivity index (χ1) is 9.69. The molecule has 1 aromatic carbocycles. The summed E-state index contributed by atoms with van der Waals surface area (Å²) in [6, 6.07) is 8.50. The highest BCUT2D eigenvalue weighted by Gasteiger charge is 2.08. The standard InChI is InChI=1S/C15H22N4S/c1-4-9-16-15-18-17-14(20-15)11-19(3)10-13-8-6-5-7-12(13)2/h5-8H,4,9-11H2,1-3H3,(H,16,18). The van der Waals surface area contributed by atoms with Gasteiger partial charge in [-0.15, -0.1) is 10.2 Å². The molecule has 0 amide bonds. The van der Waals surface area contributed by atoms with E-state index in [1.165, 1.54) is 11.1 Å². The van der Waals surface area contributed by atoms with Gasteiger partial charge in [-0.1, -0.05) is 42.5 Å². The molecular weight excluding hydrogens is 268 g/mol. The monoisotopic (exact) mass is 290 g/mol. The lowest BCUT2D eigenvalue weighted by molar-refractivity contribution is 0.317. The summed E-state index contributed by atoms with van der Waals surface area (Å²) in [5, 5.41) is 13.7. The van der Waals surface area contributed by atoms with Crippen molar-refractivity contribution in [3.8, 4) is 0 Å². The Morgan fingerprint density at radius 2 is 2.00 bits per heavy atom. The normalized spacial score (nSPS) is 11.0. The minimum Gasteiger partial charge on any atom is -0.360 e. The summed E-state index contributed by atoms with van der Waals surface area (Å²) < 4.78 is 0. The zero-order valence-electron chi connectivity index (χ0n) is 12.4. The maximum atomic E-state index is 4.24. The second kappa shape index (κ2) is 7.36. The number of rotatable bonds is 7. The molecule has 1 N–H and O–H groups in total. The van der Waals surface area contributed by atoms with Gasteiger partial charge in [-0.3, -0.25) is 4.90 Å². The summed E-state index contributed by atoms with van der Waals surface area (Å²) in [4.78, 5) is 2.27. The molecule has 0 bridgehead atoms. The third-order valence-electron chi connectivity index (χ3n) is 3.10. The van der Waals surface area contributed by atoms with Crippen molar-refractivity contribution in [1.82, 2.24) is 15.1 Å². The summed E-state index contributed by atoms with van der Waals surface area (Å²) in [5.74, 6) is 0. The van der Waals surface area contributed by atoms with Crippen LogP contribution in [0.2, 0.25) is 0 Å². The molecule has 108 valence electrons. The zero-order valence-corrected chi connectivity index (χ0v) is 13.2. The lowest BCUT2D eigenvalue weighted by atomic mass is 10.1. The zero-order chi connectivity index (χ0) is 14.4. The molecule has 0 saturated heterocycles. The van der Waals surface area contributed by atoms with Crippen molar-refractivity contribution >= 4 is 16.5 Å². The average molecular weight is 290 g/mol. The molecule has 0 aliphatic heterocycles.